The summed E-state index contributed by atoms with van der Waals surface area (Å²) >= 11 is 7.85. The van der Waals surface area contributed by atoms with Gasteiger partial charge in [0.2, 0.25) is 0 Å². The van der Waals surface area contributed by atoms with Gasteiger partial charge in [0.1, 0.15) is 4.88 Å². The minimum Gasteiger partial charge on any atom is -0.379 e. The molecule has 1 aromatic carbocycles. The third-order valence-corrected chi connectivity index (χ3v) is 5.73. The number of ether oxygens (including phenoxy) is 1. The molecule has 1 fully saturated rings. The van der Waals surface area contributed by atoms with Crippen LogP contribution in [0.5, 0.6) is 0 Å². The van der Waals surface area contributed by atoms with Gasteiger partial charge in [-0.05, 0) is 25.5 Å². The molecule has 1 aromatic heterocycles. The molecule has 0 aliphatic carbocycles. The van der Waals surface area contributed by atoms with Crippen LogP contribution in [0.3, 0.4) is 0 Å². The fraction of sp³-hybridized carbons (Fsp3) is 0.444. The van der Waals surface area contributed by atoms with Crippen LogP contribution in [-0.2, 0) is 4.74 Å². The molecule has 1 atom stereocenters. The molecule has 1 aliphatic heterocycles. The maximum absolute atomic E-state index is 12.6. The lowest BCUT2D eigenvalue weighted by atomic mass is 10.0. The van der Waals surface area contributed by atoms with E-state index in [1.165, 1.54) is 11.3 Å². The van der Waals surface area contributed by atoms with Gasteiger partial charge < -0.3 is 10.1 Å². The van der Waals surface area contributed by atoms with E-state index >= 15 is 0 Å². The molecule has 2 heterocycles. The number of rotatable bonds is 5. The number of nitrogens with zero attached hydrogens (tertiary/aromatic N) is 2. The van der Waals surface area contributed by atoms with Gasteiger partial charge >= 0.3 is 0 Å². The first-order valence-corrected chi connectivity index (χ1v) is 9.54. The summed E-state index contributed by atoms with van der Waals surface area (Å²) in [4.78, 5) is 19.9. The minimum absolute atomic E-state index is 0.0240. The van der Waals surface area contributed by atoms with E-state index in [0.29, 0.717) is 24.6 Å². The van der Waals surface area contributed by atoms with Crippen molar-refractivity contribution in [2.75, 3.05) is 32.8 Å². The fourth-order valence-corrected chi connectivity index (χ4v) is 4.18. The molecule has 0 unspecified atom stereocenters. The SMILES string of the molecule is Cc1nc(C)c(C(=O)NC[C@H](c2ccccc2Cl)N2CCOCC2)s1. The standard InChI is InChI=1S/C18H22ClN3O2S/c1-12-17(25-13(2)21-12)18(23)20-11-16(22-7-9-24-10-8-22)14-5-3-4-6-15(14)19/h3-6,16H,7-11H2,1-2H3,(H,20,23)/t16-/m1/s1. The Labute approximate surface area is 157 Å². The van der Waals surface area contributed by atoms with Crippen LogP contribution in [0.2, 0.25) is 5.02 Å². The van der Waals surface area contributed by atoms with Gasteiger partial charge in [-0.3, -0.25) is 9.69 Å². The van der Waals surface area contributed by atoms with Crippen LogP contribution in [0.15, 0.2) is 24.3 Å². The summed E-state index contributed by atoms with van der Waals surface area (Å²) in [7, 11) is 0. The topological polar surface area (TPSA) is 54.5 Å². The summed E-state index contributed by atoms with van der Waals surface area (Å²) in [6.07, 6.45) is 0. The number of carbonyl (C=O) groups excluding carboxylic acids is 1. The lowest BCUT2D eigenvalue weighted by Crippen LogP contribution is -2.43. The van der Waals surface area contributed by atoms with E-state index in [1.54, 1.807) is 0 Å². The quantitative estimate of drug-likeness (QED) is 0.866. The van der Waals surface area contributed by atoms with E-state index in [9.17, 15) is 4.79 Å². The number of hydrogen-bond donors (Lipinski definition) is 1. The molecule has 1 amide bonds. The fourth-order valence-electron chi connectivity index (χ4n) is 3.08. The molecule has 2 aromatic rings. The number of amides is 1. The van der Waals surface area contributed by atoms with Gasteiger partial charge in [-0.25, -0.2) is 4.98 Å². The van der Waals surface area contributed by atoms with Crippen molar-refractivity contribution in [2.45, 2.75) is 19.9 Å². The normalized spacial score (nSPS) is 16.6. The van der Waals surface area contributed by atoms with E-state index < -0.39 is 0 Å². The number of morpholine rings is 1. The van der Waals surface area contributed by atoms with Crippen molar-refractivity contribution in [3.8, 4) is 0 Å². The van der Waals surface area contributed by atoms with Crippen LogP contribution in [-0.4, -0.2) is 48.6 Å². The zero-order valence-corrected chi connectivity index (χ0v) is 16.0. The maximum Gasteiger partial charge on any atom is 0.263 e. The number of thiazole rings is 1. The monoisotopic (exact) mass is 379 g/mol. The van der Waals surface area contributed by atoms with Crippen molar-refractivity contribution in [1.29, 1.82) is 0 Å². The first kappa shape index (κ1) is 18.3. The molecule has 5 nitrogen and oxygen atoms in total. The first-order valence-electron chi connectivity index (χ1n) is 8.34. The van der Waals surface area contributed by atoms with Gasteiger partial charge in [-0.15, -0.1) is 11.3 Å². The zero-order valence-electron chi connectivity index (χ0n) is 14.4. The van der Waals surface area contributed by atoms with E-state index in [2.05, 4.69) is 15.2 Å². The molecule has 7 heteroatoms. The summed E-state index contributed by atoms with van der Waals surface area (Å²) in [6.45, 7) is 7.32. The van der Waals surface area contributed by atoms with Crippen LogP contribution >= 0.6 is 22.9 Å². The molecule has 1 saturated heterocycles. The smallest absolute Gasteiger partial charge is 0.263 e. The molecule has 134 valence electrons. The average molecular weight is 380 g/mol. The summed E-state index contributed by atoms with van der Waals surface area (Å²) in [5, 5.41) is 4.69. The van der Waals surface area contributed by atoms with Crippen LogP contribution < -0.4 is 5.32 Å². The lowest BCUT2D eigenvalue weighted by molar-refractivity contribution is 0.0162. The highest BCUT2D eigenvalue weighted by molar-refractivity contribution is 7.13. The maximum atomic E-state index is 12.6. The van der Waals surface area contributed by atoms with E-state index in [-0.39, 0.29) is 11.9 Å². The van der Waals surface area contributed by atoms with Crippen LogP contribution in [0.4, 0.5) is 0 Å². The largest absolute Gasteiger partial charge is 0.379 e. The Kier molecular flexibility index (Phi) is 6.06. The molecular formula is C18H22ClN3O2S. The second kappa shape index (κ2) is 8.27. The highest BCUT2D eigenvalue weighted by atomic mass is 35.5. The number of hydrogen-bond acceptors (Lipinski definition) is 5. The zero-order chi connectivity index (χ0) is 17.8. The molecule has 25 heavy (non-hydrogen) atoms. The molecule has 1 N–H and O–H groups in total. The number of nitrogens with one attached hydrogen (secondary N) is 1. The highest BCUT2D eigenvalue weighted by Crippen LogP contribution is 2.28. The first-order chi connectivity index (χ1) is 12.1. The van der Waals surface area contributed by atoms with Crippen LogP contribution in [0, 0.1) is 13.8 Å². The Hall–Kier alpha value is -1.47. The van der Waals surface area contributed by atoms with Crippen molar-refractivity contribution in [3.63, 3.8) is 0 Å². The van der Waals surface area contributed by atoms with Gasteiger partial charge in [0.05, 0.1) is 30.0 Å². The van der Waals surface area contributed by atoms with E-state index in [0.717, 1.165) is 34.4 Å². The van der Waals surface area contributed by atoms with Gasteiger partial charge in [0.25, 0.3) is 5.91 Å². The predicted molar refractivity (Wildman–Crippen MR) is 101 cm³/mol. The third kappa shape index (κ3) is 4.39. The van der Waals surface area contributed by atoms with Crippen molar-refractivity contribution >= 4 is 28.8 Å². The van der Waals surface area contributed by atoms with Crippen molar-refractivity contribution in [2.24, 2.45) is 0 Å². The Morgan fingerprint density at radius 1 is 1.36 bits per heavy atom. The van der Waals surface area contributed by atoms with Crippen LogP contribution in [0.25, 0.3) is 0 Å². The number of aryl methyl sites for hydroxylation is 2. The number of benzene rings is 1. The van der Waals surface area contributed by atoms with Gasteiger partial charge in [0.15, 0.2) is 0 Å². The predicted octanol–water partition coefficient (Wildman–Crippen LogP) is 3.22. The lowest BCUT2D eigenvalue weighted by Gasteiger charge is -2.35. The summed E-state index contributed by atoms with van der Waals surface area (Å²) in [5.74, 6) is -0.0755. The van der Waals surface area contributed by atoms with E-state index in [4.69, 9.17) is 16.3 Å². The van der Waals surface area contributed by atoms with E-state index in [1.807, 2.05) is 38.1 Å². The third-order valence-electron chi connectivity index (χ3n) is 4.32. The second-order valence-corrected chi connectivity index (χ2v) is 7.65. The van der Waals surface area contributed by atoms with Gasteiger partial charge in [-0.1, -0.05) is 29.8 Å². The average Bonchev–Trinajstić information content (AvgIpc) is 2.96. The minimum atomic E-state index is -0.0755. The molecule has 0 saturated carbocycles. The molecule has 3 rings (SSSR count). The van der Waals surface area contributed by atoms with Gasteiger partial charge in [0, 0.05) is 24.7 Å². The number of halogens is 1. The Morgan fingerprint density at radius 3 is 2.72 bits per heavy atom. The summed E-state index contributed by atoms with van der Waals surface area (Å²) in [6, 6.07) is 7.84. The molecule has 0 spiro atoms. The second-order valence-electron chi connectivity index (χ2n) is 6.04. The van der Waals surface area contributed by atoms with Crippen molar-refractivity contribution < 1.29 is 9.53 Å². The van der Waals surface area contributed by atoms with Crippen molar-refractivity contribution in [3.05, 3.63) is 50.4 Å². The number of aromatic nitrogens is 1. The molecular weight excluding hydrogens is 358 g/mol. The molecule has 1 aliphatic rings. The Bertz CT molecular complexity index is 744. The van der Waals surface area contributed by atoms with Crippen molar-refractivity contribution in [1.82, 2.24) is 15.2 Å². The highest BCUT2D eigenvalue weighted by Gasteiger charge is 2.25. The van der Waals surface area contributed by atoms with Gasteiger partial charge in [-0.2, -0.15) is 0 Å². The summed E-state index contributed by atoms with van der Waals surface area (Å²) in [5.41, 5.74) is 1.81. The Balaban J connectivity index is 1.77. The molecule has 0 bridgehead atoms. The van der Waals surface area contributed by atoms with Crippen LogP contribution in [0.1, 0.15) is 32.0 Å². The number of carbonyl (C=O) groups is 1. The Morgan fingerprint density at radius 2 is 2.08 bits per heavy atom. The molecule has 0 radical (unpaired) electrons. The summed E-state index contributed by atoms with van der Waals surface area (Å²) < 4.78 is 5.46.